The van der Waals surface area contributed by atoms with Crippen LogP contribution in [-0.2, 0) is 4.74 Å². The summed E-state index contributed by atoms with van der Waals surface area (Å²) in [6, 6.07) is -0.326. The van der Waals surface area contributed by atoms with Crippen LogP contribution in [0.5, 0.6) is 0 Å². The Kier molecular flexibility index (Phi) is 4.32. The molecule has 0 spiro atoms. The van der Waals surface area contributed by atoms with Gasteiger partial charge in [0.2, 0.25) is 0 Å². The molecule has 1 aliphatic rings. The van der Waals surface area contributed by atoms with E-state index < -0.39 is 17.9 Å². The van der Waals surface area contributed by atoms with Crippen molar-refractivity contribution in [3.8, 4) is 0 Å². The van der Waals surface area contributed by atoms with Crippen LogP contribution in [0.3, 0.4) is 0 Å². The van der Waals surface area contributed by atoms with E-state index in [4.69, 9.17) is 4.74 Å². The van der Waals surface area contributed by atoms with E-state index in [0.29, 0.717) is 6.54 Å². The van der Waals surface area contributed by atoms with Crippen molar-refractivity contribution in [3.63, 3.8) is 0 Å². The average molecular weight is 247 g/mol. The zero-order valence-corrected chi connectivity index (χ0v) is 11.2. The lowest BCUT2D eigenvalue weighted by Crippen LogP contribution is -2.46. The highest BCUT2D eigenvalue weighted by Gasteiger charge is 2.39. The summed E-state index contributed by atoms with van der Waals surface area (Å²) in [7, 11) is 3.48. The molecule has 1 unspecified atom stereocenters. The Morgan fingerprint density at radius 2 is 2.06 bits per heavy atom. The van der Waals surface area contributed by atoms with Gasteiger partial charge in [0.15, 0.2) is 0 Å². The summed E-state index contributed by atoms with van der Waals surface area (Å²) in [4.78, 5) is 13.2. The van der Waals surface area contributed by atoms with E-state index in [-0.39, 0.29) is 12.6 Å². The van der Waals surface area contributed by atoms with Gasteiger partial charge in [-0.25, -0.2) is 14.2 Å². The summed E-state index contributed by atoms with van der Waals surface area (Å²) in [5.41, 5.74) is 2.31. The van der Waals surface area contributed by atoms with Crippen molar-refractivity contribution in [3.05, 3.63) is 0 Å². The van der Waals surface area contributed by atoms with Crippen LogP contribution >= 0.6 is 0 Å². The van der Waals surface area contributed by atoms with E-state index in [2.05, 4.69) is 5.43 Å². The van der Waals surface area contributed by atoms with E-state index in [9.17, 15) is 9.18 Å². The quantitative estimate of drug-likeness (QED) is 0.740. The van der Waals surface area contributed by atoms with Gasteiger partial charge in [-0.15, -0.1) is 0 Å². The minimum atomic E-state index is -1.06. The zero-order chi connectivity index (χ0) is 13.2. The third kappa shape index (κ3) is 3.81. The number of halogens is 1. The number of likely N-dealkylation sites (N-methyl/N-ethyl adjacent to an activating group) is 1. The molecule has 0 aliphatic carbocycles. The fraction of sp³-hybridized carbons (Fsp3) is 0.909. The maximum atomic E-state index is 13.7. The Morgan fingerprint density at radius 3 is 2.53 bits per heavy atom. The van der Waals surface area contributed by atoms with Gasteiger partial charge in [0.25, 0.3) is 0 Å². The normalized spacial score (nSPS) is 25.5. The van der Waals surface area contributed by atoms with E-state index >= 15 is 0 Å². The van der Waals surface area contributed by atoms with Gasteiger partial charge < -0.3 is 9.64 Å². The first-order valence-corrected chi connectivity index (χ1v) is 5.77. The first kappa shape index (κ1) is 14.2. The fourth-order valence-corrected chi connectivity index (χ4v) is 1.75. The number of amides is 1. The smallest absolute Gasteiger partial charge is 0.410 e. The monoisotopic (exact) mass is 247 g/mol. The van der Waals surface area contributed by atoms with Crippen molar-refractivity contribution in [2.24, 2.45) is 0 Å². The molecule has 1 amide bonds. The first-order valence-electron chi connectivity index (χ1n) is 5.77. The molecule has 0 radical (unpaired) electrons. The number of nitrogens with one attached hydrogen (secondary N) is 1. The maximum Gasteiger partial charge on any atom is 0.410 e. The second kappa shape index (κ2) is 5.18. The van der Waals surface area contributed by atoms with Crippen LogP contribution in [0, 0.1) is 0 Å². The number of carbonyl (C=O) groups is 1. The molecule has 0 bridgehead atoms. The Labute approximate surface area is 102 Å². The second-order valence-corrected chi connectivity index (χ2v) is 5.30. The number of rotatable bonds is 2. The average Bonchev–Trinajstić information content (AvgIpc) is 2.57. The van der Waals surface area contributed by atoms with Gasteiger partial charge in [-0.05, 0) is 27.8 Å². The molecule has 5 nitrogen and oxygen atoms in total. The SMILES string of the molecule is CNN(C)[C@@H]1CN(C(=O)OC(C)(C)C)CC1F. The van der Waals surface area contributed by atoms with Gasteiger partial charge in [-0.1, -0.05) is 0 Å². The topological polar surface area (TPSA) is 44.8 Å². The molecule has 1 fully saturated rings. The first-order chi connectivity index (χ1) is 7.74. The number of likely N-dealkylation sites (tertiary alicyclic amines) is 1. The van der Waals surface area contributed by atoms with Crippen LogP contribution in [0.4, 0.5) is 9.18 Å². The molecule has 2 atom stereocenters. The van der Waals surface area contributed by atoms with Crippen LogP contribution in [-0.4, -0.2) is 61.0 Å². The lowest BCUT2D eigenvalue weighted by molar-refractivity contribution is 0.0275. The minimum absolute atomic E-state index is 0.0889. The van der Waals surface area contributed by atoms with Crippen molar-refractivity contribution >= 4 is 6.09 Å². The molecular weight excluding hydrogens is 225 g/mol. The summed E-state index contributed by atoms with van der Waals surface area (Å²) in [5.74, 6) is 0. The van der Waals surface area contributed by atoms with E-state index in [0.717, 1.165) is 0 Å². The van der Waals surface area contributed by atoms with Gasteiger partial charge >= 0.3 is 6.09 Å². The third-order valence-corrected chi connectivity index (χ3v) is 2.72. The number of hydrogen-bond acceptors (Lipinski definition) is 4. The fourth-order valence-electron chi connectivity index (χ4n) is 1.75. The number of alkyl halides is 1. The van der Waals surface area contributed by atoms with E-state index in [1.165, 1.54) is 4.90 Å². The molecule has 1 saturated heterocycles. The van der Waals surface area contributed by atoms with E-state index in [1.54, 1.807) is 39.9 Å². The molecule has 0 aromatic carbocycles. The van der Waals surface area contributed by atoms with Crippen molar-refractivity contribution in [1.82, 2.24) is 15.3 Å². The van der Waals surface area contributed by atoms with Crippen molar-refractivity contribution in [1.29, 1.82) is 0 Å². The molecule has 17 heavy (non-hydrogen) atoms. The van der Waals surface area contributed by atoms with Crippen LogP contribution in [0.2, 0.25) is 0 Å². The number of nitrogens with zero attached hydrogens (tertiary/aromatic N) is 2. The maximum absolute atomic E-state index is 13.7. The molecule has 100 valence electrons. The summed E-state index contributed by atoms with van der Waals surface area (Å²) < 4.78 is 19.0. The molecule has 1 aliphatic heterocycles. The molecule has 6 heteroatoms. The van der Waals surface area contributed by atoms with Gasteiger partial charge in [-0.2, -0.15) is 0 Å². The Bertz CT molecular complexity index is 280. The largest absolute Gasteiger partial charge is 0.444 e. The molecule has 0 saturated carbocycles. The van der Waals surface area contributed by atoms with E-state index in [1.807, 2.05) is 0 Å². The number of carbonyl (C=O) groups excluding carboxylic acids is 1. The summed E-state index contributed by atoms with van der Waals surface area (Å²) in [5, 5.41) is 1.68. The van der Waals surface area contributed by atoms with Crippen LogP contribution in [0.1, 0.15) is 20.8 Å². The van der Waals surface area contributed by atoms with Crippen molar-refractivity contribution in [2.45, 2.75) is 38.6 Å². The van der Waals surface area contributed by atoms with Gasteiger partial charge in [0.1, 0.15) is 11.8 Å². The predicted molar refractivity (Wildman–Crippen MR) is 63.3 cm³/mol. The predicted octanol–water partition coefficient (Wildman–Crippen LogP) is 1.01. The zero-order valence-electron chi connectivity index (χ0n) is 11.2. The Hall–Kier alpha value is -0.880. The summed E-state index contributed by atoms with van der Waals surface area (Å²) in [6.45, 7) is 5.82. The second-order valence-electron chi connectivity index (χ2n) is 5.30. The van der Waals surface area contributed by atoms with Crippen LogP contribution < -0.4 is 5.43 Å². The standard InChI is InChI=1S/C11H22FN3O2/c1-11(2,3)17-10(16)15-6-8(12)9(7-15)14(5)13-4/h8-9,13H,6-7H2,1-5H3/t8?,9-/m1/s1. The van der Waals surface area contributed by atoms with Crippen molar-refractivity contribution in [2.75, 3.05) is 27.2 Å². The molecule has 0 aromatic heterocycles. The molecule has 1 heterocycles. The van der Waals surface area contributed by atoms with Crippen LogP contribution in [0.25, 0.3) is 0 Å². The Balaban J connectivity index is 2.57. The lowest BCUT2D eigenvalue weighted by Gasteiger charge is -2.26. The molecule has 0 aromatic rings. The molecule has 1 N–H and O–H groups in total. The van der Waals surface area contributed by atoms with Crippen LogP contribution in [0.15, 0.2) is 0 Å². The highest BCUT2D eigenvalue weighted by Crippen LogP contribution is 2.19. The number of hydrazine groups is 1. The molecule has 1 rings (SSSR count). The Morgan fingerprint density at radius 1 is 1.47 bits per heavy atom. The lowest BCUT2D eigenvalue weighted by atomic mass is 10.2. The van der Waals surface area contributed by atoms with Gasteiger partial charge in [-0.3, -0.25) is 5.43 Å². The summed E-state index contributed by atoms with van der Waals surface area (Å²) >= 11 is 0. The number of ether oxygens (including phenoxy) is 1. The third-order valence-electron chi connectivity index (χ3n) is 2.72. The molecular formula is C11H22FN3O2. The van der Waals surface area contributed by atoms with Crippen molar-refractivity contribution < 1.29 is 13.9 Å². The summed E-state index contributed by atoms with van der Waals surface area (Å²) in [6.07, 6.45) is -1.51. The number of hydrogen-bond donors (Lipinski definition) is 1. The highest BCUT2D eigenvalue weighted by atomic mass is 19.1. The van der Waals surface area contributed by atoms with Gasteiger partial charge in [0, 0.05) is 13.6 Å². The highest BCUT2D eigenvalue weighted by molar-refractivity contribution is 5.68. The van der Waals surface area contributed by atoms with Gasteiger partial charge in [0.05, 0.1) is 12.6 Å². The minimum Gasteiger partial charge on any atom is -0.444 e.